The molecule has 2 fully saturated rings. The molecule has 2 aliphatic heterocycles. The van der Waals surface area contributed by atoms with Gasteiger partial charge in [-0.2, -0.15) is 0 Å². The Kier molecular flexibility index (Phi) is 14.9. The molecule has 0 saturated carbocycles. The van der Waals surface area contributed by atoms with Gasteiger partial charge in [-0.1, -0.05) is 64.0 Å². The summed E-state index contributed by atoms with van der Waals surface area (Å²) in [4.78, 5) is 0. The van der Waals surface area contributed by atoms with Crippen LogP contribution in [-0.2, 0) is 18.9 Å². The van der Waals surface area contributed by atoms with Gasteiger partial charge in [-0.15, -0.1) is 0 Å². The van der Waals surface area contributed by atoms with Crippen LogP contribution in [0.15, 0.2) is 12.2 Å². The molecule has 0 aromatic heterocycles. The first kappa shape index (κ1) is 31.5. The Bertz CT molecular complexity index is 603. The Labute approximate surface area is 213 Å². The Balaban J connectivity index is 1.75. The van der Waals surface area contributed by atoms with Crippen molar-refractivity contribution in [2.75, 3.05) is 19.8 Å². The summed E-state index contributed by atoms with van der Waals surface area (Å²) in [5, 5.41) is 70.1. The summed E-state index contributed by atoms with van der Waals surface area (Å²) in [5.74, 6) is 0. The second-order valence-electron chi connectivity index (χ2n) is 9.57. The van der Waals surface area contributed by atoms with E-state index in [0.717, 1.165) is 12.8 Å². The largest absolute Gasteiger partial charge is 0.394 e. The molecule has 10 atom stereocenters. The molecule has 212 valence electrons. The fourth-order valence-corrected chi connectivity index (χ4v) is 4.43. The van der Waals surface area contributed by atoms with Crippen LogP contribution in [0.2, 0.25) is 0 Å². The lowest BCUT2D eigenvalue weighted by atomic mass is 9.97. The zero-order valence-electron chi connectivity index (χ0n) is 21.2. The van der Waals surface area contributed by atoms with Crippen molar-refractivity contribution in [2.24, 2.45) is 0 Å². The van der Waals surface area contributed by atoms with E-state index in [0.29, 0.717) is 0 Å². The number of aliphatic hydroxyl groups is 7. The summed E-state index contributed by atoms with van der Waals surface area (Å²) in [7, 11) is 0. The fraction of sp³-hybridized carbons (Fsp3) is 0.920. The van der Waals surface area contributed by atoms with Crippen molar-refractivity contribution < 1.29 is 54.7 Å². The quantitative estimate of drug-likeness (QED) is 0.105. The molecule has 2 heterocycles. The molecule has 7 N–H and O–H groups in total. The van der Waals surface area contributed by atoms with Gasteiger partial charge in [-0.3, -0.25) is 0 Å². The van der Waals surface area contributed by atoms with Crippen LogP contribution in [0.5, 0.6) is 0 Å². The maximum absolute atomic E-state index is 10.6. The highest BCUT2D eigenvalue weighted by molar-refractivity contribution is 4.94. The Morgan fingerprint density at radius 2 is 1.22 bits per heavy atom. The third-order valence-corrected chi connectivity index (χ3v) is 6.71. The molecule has 0 bridgehead atoms. The third-order valence-electron chi connectivity index (χ3n) is 6.71. The van der Waals surface area contributed by atoms with E-state index >= 15 is 0 Å². The number of hydrogen-bond acceptors (Lipinski definition) is 11. The predicted molar refractivity (Wildman–Crippen MR) is 129 cm³/mol. The number of rotatable bonds is 16. The molecule has 0 amide bonds. The number of hydrogen-bond donors (Lipinski definition) is 7. The van der Waals surface area contributed by atoms with E-state index in [9.17, 15) is 35.7 Å². The molecule has 2 saturated heterocycles. The summed E-state index contributed by atoms with van der Waals surface area (Å²) in [6.45, 7) is 1.11. The molecule has 36 heavy (non-hydrogen) atoms. The lowest BCUT2D eigenvalue weighted by Crippen LogP contribution is -2.64. The van der Waals surface area contributed by atoms with Crippen molar-refractivity contribution in [1.82, 2.24) is 0 Å². The van der Waals surface area contributed by atoms with E-state index in [-0.39, 0.29) is 6.61 Å². The van der Waals surface area contributed by atoms with Crippen LogP contribution in [0.3, 0.4) is 0 Å². The first-order valence-electron chi connectivity index (χ1n) is 13.2. The van der Waals surface area contributed by atoms with Crippen LogP contribution in [0, 0.1) is 0 Å². The van der Waals surface area contributed by atoms with Crippen molar-refractivity contribution in [3.8, 4) is 0 Å². The maximum atomic E-state index is 10.6. The predicted octanol–water partition coefficient (Wildman–Crippen LogP) is -0.286. The second-order valence-corrected chi connectivity index (χ2v) is 9.57. The van der Waals surface area contributed by atoms with Crippen molar-refractivity contribution in [2.45, 2.75) is 126 Å². The SMILES string of the molecule is CCCCCCCCCC/C=C/CO[C@H]1O[C@H](CO)[C@@H](O[C@@H]2O[C@H](CO)[C@H](O)[C@H](O)[C@H]2O)[C@H](O)[C@H]1O. The minimum atomic E-state index is -1.70. The van der Waals surface area contributed by atoms with E-state index < -0.39 is 74.6 Å². The van der Waals surface area contributed by atoms with E-state index in [4.69, 9.17) is 18.9 Å². The van der Waals surface area contributed by atoms with E-state index in [1.165, 1.54) is 44.9 Å². The first-order chi connectivity index (χ1) is 17.3. The van der Waals surface area contributed by atoms with E-state index in [1.807, 2.05) is 12.2 Å². The summed E-state index contributed by atoms with van der Waals surface area (Å²) in [5.41, 5.74) is 0. The van der Waals surface area contributed by atoms with Crippen LogP contribution >= 0.6 is 0 Å². The van der Waals surface area contributed by atoms with Gasteiger partial charge in [0.15, 0.2) is 12.6 Å². The molecular formula is C25H46O11. The van der Waals surface area contributed by atoms with Gasteiger partial charge in [-0.25, -0.2) is 0 Å². The highest BCUT2D eigenvalue weighted by Crippen LogP contribution is 2.29. The van der Waals surface area contributed by atoms with Crippen LogP contribution < -0.4 is 0 Å². The Morgan fingerprint density at radius 3 is 1.86 bits per heavy atom. The molecule has 0 radical (unpaired) electrons. The normalized spacial score (nSPS) is 37.6. The molecule has 0 aromatic carbocycles. The Hall–Kier alpha value is -0.700. The topological polar surface area (TPSA) is 179 Å². The van der Waals surface area contributed by atoms with Gasteiger partial charge in [0.2, 0.25) is 0 Å². The lowest BCUT2D eigenvalue weighted by Gasteiger charge is -2.45. The van der Waals surface area contributed by atoms with Crippen molar-refractivity contribution in [3.63, 3.8) is 0 Å². The van der Waals surface area contributed by atoms with Gasteiger partial charge in [0.1, 0.15) is 48.8 Å². The summed E-state index contributed by atoms with van der Waals surface area (Å²) in [6.07, 6.45) is 0.195. The Morgan fingerprint density at radius 1 is 0.639 bits per heavy atom. The molecular weight excluding hydrogens is 476 g/mol. The molecule has 11 heteroatoms. The molecule has 0 spiro atoms. The van der Waals surface area contributed by atoms with Gasteiger partial charge in [0, 0.05) is 0 Å². The molecule has 0 aliphatic carbocycles. The van der Waals surface area contributed by atoms with E-state index in [1.54, 1.807) is 0 Å². The van der Waals surface area contributed by atoms with Crippen LogP contribution in [-0.4, -0.2) is 117 Å². The van der Waals surface area contributed by atoms with Crippen LogP contribution in [0.4, 0.5) is 0 Å². The van der Waals surface area contributed by atoms with Crippen molar-refractivity contribution >= 4 is 0 Å². The number of ether oxygens (including phenoxy) is 4. The zero-order chi connectivity index (χ0) is 26.5. The smallest absolute Gasteiger partial charge is 0.187 e. The monoisotopic (exact) mass is 522 g/mol. The minimum Gasteiger partial charge on any atom is -0.394 e. The molecule has 2 rings (SSSR count). The average molecular weight is 523 g/mol. The standard InChI is InChI=1S/C25H46O11/c1-2-3-4-5-6-7-8-9-10-11-12-13-33-24-22(32)20(30)23(17(15-27)35-24)36-25-21(31)19(29)18(28)16(14-26)34-25/h11-12,16-32H,2-10,13-15H2,1H3/b12-11+/t16-,17-,18+,19+,20-,21-,22-,23-,24+,25+/m1/s1. The van der Waals surface area contributed by atoms with Crippen molar-refractivity contribution in [3.05, 3.63) is 12.2 Å². The molecule has 11 nitrogen and oxygen atoms in total. The average Bonchev–Trinajstić information content (AvgIpc) is 2.88. The third kappa shape index (κ3) is 9.25. The van der Waals surface area contributed by atoms with Gasteiger partial charge >= 0.3 is 0 Å². The number of aliphatic hydroxyl groups excluding tert-OH is 7. The van der Waals surface area contributed by atoms with Crippen LogP contribution in [0.25, 0.3) is 0 Å². The molecule has 0 aromatic rings. The number of unbranched alkanes of at least 4 members (excludes halogenated alkanes) is 8. The van der Waals surface area contributed by atoms with Gasteiger partial charge in [0.25, 0.3) is 0 Å². The second kappa shape index (κ2) is 17.0. The number of allylic oxidation sites excluding steroid dienone is 1. The zero-order valence-corrected chi connectivity index (χ0v) is 21.2. The highest BCUT2D eigenvalue weighted by atomic mass is 16.7. The lowest BCUT2D eigenvalue weighted by molar-refractivity contribution is -0.358. The molecule has 0 unspecified atom stereocenters. The van der Waals surface area contributed by atoms with Gasteiger partial charge in [0.05, 0.1) is 19.8 Å². The summed E-state index contributed by atoms with van der Waals surface area (Å²) >= 11 is 0. The van der Waals surface area contributed by atoms with Crippen LogP contribution in [0.1, 0.15) is 64.7 Å². The maximum Gasteiger partial charge on any atom is 0.187 e. The van der Waals surface area contributed by atoms with Crippen molar-refractivity contribution in [1.29, 1.82) is 0 Å². The molecule has 2 aliphatic rings. The first-order valence-corrected chi connectivity index (χ1v) is 13.2. The van der Waals surface area contributed by atoms with Gasteiger partial charge < -0.3 is 54.7 Å². The fourth-order valence-electron chi connectivity index (χ4n) is 4.43. The van der Waals surface area contributed by atoms with E-state index in [2.05, 4.69) is 6.92 Å². The highest BCUT2D eigenvalue weighted by Gasteiger charge is 2.50. The van der Waals surface area contributed by atoms with Gasteiger partial charge in [-0.05, 0) is 12.8 Å². The summed E-state index contributed by atoms with van der Waals surface area (Å²) in [6, 6.07) is 0. The summed E-state index contributed by atoms with van der Waals surface area (Å²) < 4.78 is 21.9. The minimum absolute atomic E-state index is 0.141.